The van der Waals surface area contributed by atoms with Gasteiger partial charge < -0.3 is 15.3 Å². The van der Waals surface area contributed by atoms with Crippen LogP contribution in [0.4, 0.5) is 13.2 Å². The zero-order valence-corrected chi connectivity index (χ0v) is 11.9. The molecule has 2 N–H and O–H groups in total. The van der Waals surface area contributed by atoms with E-state index in [1.54, 1.807) is 7.05 Å². The molecule has 0 saturated carbocycles. The van der Waals surface area contributed by atoms with Crippen LogP contribution in [0.3, 0.4) is 0 Å². The zero-order chi connectivity index (χ0) is 14.7. The van der Waals surface area contributed by atoms with Gasteiger partial charge in [-0.05, 0) is 53.2 Å². The summed E-state index contributed by atoms with van der Waals surface area (Å²) in [5.41, 5.74) is -0.375. The van der Waals surface area contributed by atoms with Crippen molar-refractivity contribution >= 4 is 0 Å². The van der Waals surface area contributed by atoms with Gasteiger partial charge in [0.2, 0.25) is 0 Å². The van der Waals surface area contributed by atoms with Gasteiger partial charge in [0.25, 0.3) is 0 Å². The second kappa shape index (κ2) is 6.41. The predicted molar refractivity (Wildman–Crippen MR) is 69.0 cm³/mol. The third kappa shape index (κ3) is 4.61. The molecule has 1 aliphatic rings. The van der Waals surface area contributed by atoms with Crippen LogP contribution in [0.2, 0.25) is 0 Å². The highest BCUT2D eigenvalue weighted by molar-refractivity contribution is 4.88. The Morgan fingerprint density at radius 3 is 2.21 bits per heavy atom. The molecule has 0 bridgehead atoms. The molecule has 0 aliphatic carbocycles. The monoisotopic (exact) mass is 282 g/mol. The normalized spacial score (nSPS) is 24.2. The maximum absolute atomic E-state index is 12.6. The zero-order valence-electron chi connectivity index (χ0n) is 11.9. The number of nitrogens with zero attached hydrogens (tertiary/aromatic N) is 1. The number of likely N-dealkylation sites (N-methyl/N-ethyl adjacent to an activating group) is 1. The number of aliphatic hydroxyl groups excluding tert-OH is 1. The molecule has 0 aromatic heterocycles. The van der Waals surface area contributed by atoms with Gasteiger partial charge in [-0.25, -0.2) is 0 Å². The fourth-order valence-electron chi connectivity index (χ4n) is 2.69. The molecule has 0 radical (unpaired) electrons. The molecule has 2 atom stereocenters. The van der Waals surface area contributed by atoms with Gasteiger partial charge in [0, 0.05) is 11.6 Å². The molecular weight excluding hydrogens is 257 g/mol. The molecule has 1 saturated heterocycles. The topological polar surface area (TPSA) is 35.5 Å². The minimum absolute atomic E-state index is 0.0207. The lowest BCUT2D eigenvalue weighted by molar-refractivity contribution is -0.186. The molecule has 1 aliphatic heterocycles. The average molecular weight is 282 g/mol. The van der Waals surface area contributed by atoms with E-state index in [1.807, 2.05) is 13.8 Å². The highest BCUT2D eigenvalue weighted by Crippen LogP contribution is 2.35. The third-order valence-electron chi connectivity index (χ3n) is 4.31. The van der Waals surface area contributed by atoms with Crippen LogP contribution in [-0.2, 0) is 0 Å². The molecule has 3 nitrogen and oxygen atoms in total. The van der Waals surface area contributed by atoms with Crippen molar-refractivity contribution in [2.45, 2.75) is 50.9 Å². The molecule has 0 amide bonds. The number of alkyl halides is 3. The number of likely N-dealkylation sites (tertiary alicyclic amines) is 1. The average Bonchev–Trinajstić information content (AvgIpc) is 2.37. The van der Waals surface area contributed by atoms with Crippen LogP contribution in [-0.4, -0.2) is 54.5 Å². The molecule has 1 rings (SSSR count). The van der Waals surface area contributed by atoms with E-state index in [1.165, 1.54) is 0 Å². The van der Waals surface area contributed by atoms with Crippen molar-refractivity contribution in [2.24, 2.45) is 5.92 Å². The van der Waals surface area contributed by atoms with Crippen molar-refractivity contribution in [3.05, 3.63) is 0 Å². The van der Waals surface area contributed by atoms with Gasteiger partial charge in [-0.3, -0.25) is 0 Å². The van der Waals surface area contributed by atoms with Gasteiger partial charge in [0.05, 0.1) is 12.5 Å². The summed E-state index contributed by atoms with van der Waals surface area (Å²) in [7, 11) is 1.79. The Labute approximate surface area is 113 Å². The summed E-state index contributed by atoms with van der Waals surface area (Å²) in [5, 5.41) is 12.4. The number of piperidine rings is 1. The summed E-state index contributed by atoms with van der Waals surface area (Å²) in [4.78, 5) is 2.09. The molecule has 0 spiro atoms. The van der Waals surface area contributed by atoms with Gasteiger partial charge in [-0.15, -0.1) is 0 Å². The van der Waals surface area contributed by atoms with Crippen molar-refractivity contribution in [2.75, 3.05) is 26.7 Å². The van der Waals surface area contributed by atoms with Crippen LogP contribution < -0.4 is 5.32 Å². The van der Waals surface area contributed by atoms with Crippen LogP contribution in [0.15, 0.2) is 0 Å². The fraction of sp³-hybridized carbons (Fsp3) is 1.00. The Balaban J connectivity index is 2.47. The first kappa shape index (κ1) is 16.7. The van der Waals surface area contributed by atoms with Crippen LogP contribution in [0.1, 0.15) is 33.1 Å². The Bertz CT molecular complexity index is 272. The van der Waals surface area contributed by atoms with Crippen LogP contribution in [0.5, 0.6) is 0 Å². The standard InChI is InChI=1S/C13H25F3N2O/c1-10(8-12(2,9-19)17-3)18-6-4-11(5-7-18)13(14,15)16/h10-11,17,19H,4-9H2,1-3H3. The van der Waals surface area contributed by atoms with E-state index in [4.69, 9.17) is 0 Å². The SMILES string of the molecule is CNC(C)(CO)CC(C)N1CCC(C(F)(F)F)CC1. The number of hydrogen-bond acceptors (Lipinski definition) is 3. The first-order valence-electron chi connectivity index (χ1n) is 6.82. The quantitative estimate of drug-likeness (QED) is 0.809. The smallest absolute Gasteiger partial charge is 0.391 e. The number of nitrogens with one attached hydrogen (secondary N) is 1. The molecule has 114 valence electrons. The molecule has 1 heterocycles. The number of rotatable bonds is 5. The van der Waals surface area contributed by atoms with Gasteiger partial charge in [-0.2, -0.15) is 13.2 Å². The molecular formula is C13H25F3N2O. The lowest BCUT2D eigenvalue weighted by Crippen LogP contribution is -2.51. The van der Waals surface area contributed by atoms with E-state index < -0.39 is 12.1 Å². The van der Waals surface area contributed by atoms with E-state index in [0.29, 0.717) is 13.1 Å². The third-order valence-corrected chi connectivity index (χ3v) is 4.31. The summed E-state index contributed by atoms with van der Waals surface area (Å²) >= 11 is 0. The van der Waals surface area contributed by atoms with E-state index >= 15 is 0 Å². The molecule has 19 heavy (non-hydrogen) atoms. The minimum Gasteiger partial charge on any atom is -0.394 e. The van der Waals surface area contributed by atoms with E-state index in [9.17, 15) is 18.3 Å². The van der Waals surface area contributed by atoms with E-state index in [-0.39, 0.29) is 31.0 Å². The van der Waals surface area contributed by atoms with Crippen molar-refractivity contribution in [3.63, 3.8) is 0 Å². The summed E-state index contributed by atoms with van der Waals surface area (Å²) in [6.07, 6.45) is -2.97. The molecule has 0 aromatic carbocycles. The van der Waals surface area contributed by atoms with E-state index in [2.05, 4.69) is 10.2 Å². The van der Waals surface area contributed by atoms with Crippen molar-refractivity contribution in [1.82, 2.24) is 10.2 Å². The summed E-state index contributed by atoms with van der Waals surface area (Å²) < 4.78 is 37.8. The number of hydrogen-bond donors (Lipinski definition) is 2. The second-order valence-electron chi connectivity index (χ2n) is 5.87. The molecule has 2 unspecified atom stereocenters. The van der Waals surface area contributed by atoms with Gasteiger partial charge in [0.15, 0.2) is 0 Å². The Kier molecular flexibility index (Phi) is 5.65. The van der Waals surface area contributed by atoms with Crippen LogP contribution in [0, 0.1) is 5.92 Å². The fourth-order valence-corrected chi connectivity index (χ4v) is 2.69. The lowest BCUT2D eigenvalue weighted by atomic mass is 9.90. The number of aliphatic hydroxyl groups is 1. The van der Waals surface area contributed by atoms with Crippen LogP contribution >= 0.6 is 0 Å². The second-order valence-corrected chi connectivity index (χ2v) is 5.87. The summed E-state index contributed by atoms with van der Waals surface area (Å²) in [6, 6.07) is 0.166. The van der Waals surface area contributed by atoms with Crippen molar-refractivity contribution in [1.29, 1.82) is 0 Å². The Hall–Kier alpha value is -0.330. The van der Waals surface area contributed by atoms with Crippen LogP contribution in [0.25, 0.3) is 0 Å². The first-order chi connectivity index (χ1) is 8.72. The summed E-state index contributed by atoms with van der Waals surface area (Å²) in [6.45, 7) is 4.92. The molecule has 0 aromatic rings. The highest BCUT2D eigenvalue weighted by Gasteiger charge is 2.41. The number of halogens is 3. The highest BCUT2D eigenvalue weighted by atomic mass is 19.4. The largest absolute Gasteiger partial charge is 0.394 e. The minimum atomic E-state index is -4.06. The predicted octanol–water partition coefficient (Wildman–Crippen LogP) is 2.01. The van der Waals surface area contributed by atoms with Gasteiger partial charge >= 0.3 is 6.18 Å². The van der Waals surface area contributed by atoms with Crippen molar-refractivity contribution < 1.29 is 18.3 Å². The lowest BCUT2D eigenvalue weighted by Gasteiger charge is -2.40. The Morgan fingerprint density at radius 2 is 1.84 bits per heavy atom. The Morgan fingerprint density at radius 1 is 1.32 bits per heavy atom. The van der Waals surface area contributed by atoms with Gasteiger partial charge in [0.1, 0.15) is 0 Å². The first-order valence-corrected chi connectivity index (χ1v) is 6.82. The van der Waals surface area contributed by atoms with Crippen molar-refractivity contribution in [3.8, 4) is 0 Å². The molecule has 6 heteroatoms. The van der Waals surface area contributed by atoms with E-state index in [0.717, 1.165) is 6.42 Å². The maximum Gasteiger partial charge on any atom is 0.391 e. The summed E-state index contributed by atoms with van der Waals surface area (Å²) in [5.74, 6) is -1.15. The maximum atomic E-state index is 12.6. The van der Waals surface area contributed by atoms with Gasteiger partial charge in [-0.1, -0.05) is 0 Å². The molecule has 1 fully saturated rings.